The van der Waals surface area contributed by atoms with Crippen LogP contribution in [0.3, 0.4) is 0 Å². The van der Waals surface area contributed by atoms with Crippen molar-refractivity contribution in [1.82, 2.24) is 29.1 Å². The summed E-state index contributed by atoms with van der Waals surface area (Å²) in [4.78, 5) is 26.8. The van der Waals surface area contributed by atoms with E-state index in [4.69, 9.17) is 39.0 Å². The Labute approximate surface area is 262 Å². The Morgan fingerprint density at radius 2 is 1.87 bits per heavy atom. The van der Waals surface area contributed by atoms with Crippen molar-refractivity contribution in [3.8, 4) is 0 Å². The van der Waals surface area contributed by atoms with E-state index < -0.39 is 75.7 Å². The first kappa shape index (κ1) is 32.4. The van der Waals surface area contributed by atoms with Crippen LogP contribution in [-0.4, -0.2) is 73.1 Å². The van der Waals surface area contributed by atoms with Gasteiger partial charge in [0.05, 0.1) is 30.4 Å². The Hall–Kier alpha value is -2.58. The number of halogens is 2. The third-order valence-electron chi connectivity index (χ3n) is 7.02. The minimum Gasteiger partial charge on any atom is -0.385 e. The highest BCUT2D eigenvalue weighted by atomic mass is 32.7. The molecule has 2 saturated heterocycles. The van der Waals surface area contributed by atoms with Crippen LogP contribution >= 0.6 is 38.1 Å². The first-order chi connectivity index (χ1) is 21.2. The second kappa shape index (κ2) is 12.2. The molecule has 0 spiro atoms. The number of rotatable bonds is 4. The molecular formula is C22H26F2N8O9P2S2. The number of hydrogen-bond acceptors (Lipinski definition) is 14. The van der Waals surface area contributed by atoms with E-state index in [0.29, 0.717) is 11.0 Å². The number of H-pyrrole nitrogens is 1. The molecule has 4 aromatic heterocycles. The molecule has 9 atom stereocenters. The van der Waals surface area contributed by atoms with Gasteiger partial charge in [0, 0.05) is 12.3 Å². The van der Waals surface area contributed by atoms with Gasteiger partial charge in [-0.1, -0.05) is 24.5 Å². The minimum absolute atomic E-state index is 0.0234. The van der Waals surface area contributed by atoms with E-state index in [2.05, 4.69) is 44.4 Å². The van der Waals surface area contributed by atoms with Gasteiger partial charge in [0.1, 0.15) is 48.2 Å². The number of nitrogens with one attached hydrogen (secondary N) is 1. The SMILES string of the molecule is C[C@@H](O[C@@H]1COP(=O)(S)O[C@@H]2[C@H](F)[C@@H](COP(=O)(S)OC1F)O[C@H]2n1cnc2c(=O)[nH]c(N)cc21)n1ccc2c(N)ncnc21. The molecule has 2 bridgehead atoms. The zero-order chi connectivity index (χ0) is 32.3. The van der Waals surface area contributed by atoms with Crippen molar-refractivity contribution in [1.29, 1.82) is 0 Å². The molecule has 45 heavy (non-hydrogen) atoms. The highest BCUT2D eigenvalue weighted by Crippen LogP contribution is 2.59. The Kier molecular flexibility index (Phi) is 8.79. The molecule has 6 heterocycles. The van der Waals surface area contributed by atoms with Crippen molar-refractivity contribution in [3.05, 3.63) is 41.3 Å². The standard InChI is InChI=1S/C22H26F2N8O9P2S2/c1-9(31-3-2-10-19(26)27-7-28-20(10)31)38-13-6-37-42(34,44)40-17-15(23)12(5-36-43(35,45)41-18(13)24)39-22(17)32-8-29-16-11(32)4-14(25)30-21(16)33/h2-4,7-9,12-13,15,17-18,22H,5-6H2,1H3,(H,34,44)(H,35,45)(H3,25,30,33)(H2,26,27,28)/t9-,12-,13-,15-,17-,18?,22-,42?,43?/m1/s1. The number of imidazole rings is 1. The summed E-state index contributed by atoms with van der Waals surface area (Å²) < 4.78 is 93.0. The second-order valence-electron chi connectivity index (χ2n) is 10.00. The number of anilines is 2. The van der Waals surface area contributed by atoms with Crippen LogP contribution in [-0.2, 0) is 36.7 Å². The van der Waals surface area contributed by atoms with Crippen LogP contribution in [0.25, 0.3) is 22.1 Å². The molecule has 0 aromatic carbocycles. The summed E-state index contributed by atoms with van der Waals surface area (Å²) in [5.74, 6) is 0.177. The zero-order valence-corrected chi connectivity index (χ0v) is 26.5. The number of nitrogens with zero attached hydrogens (tertiary/aromatic N) is 5. The fourth-order valence-electron chi connectivity index (χ4n) is 4.95. The van der Waals surface area contributed by atoms with E-state index in [1.54, 1.807) is 12.3 Å². The zero-order valence-electron chi connectivity index (χ0n) is 23.0. The largest absolute Gasteiger partial charge is 0.388 e. The summed E-state index contributed by atoms with van der Waals surface area (Å²) in [6, 6.07) is 2.97. The maximum Gasteiger partial charge on any atom is 0.388 e. The van der Waals surface area contributed by atoms with Crippen molar-refractivity contribution < 1.29 is 45.5 Å². The monoisotopic (exact) mass is 710 g/mol. The Morgan fingerprint density at radius 3 is 2.64 bits per heavy atom. The molecule has 3 unspecified atom stereocenters. The first-order valence-electron chi connectivity index (χ1n) is 13.1. The van der Waals surface area contributed by atoms with E-state index in [9.17, 15) is 13.9 Å². The van der Waals surface area contributed by atoms with Gasteiger partial charge in [-0.3, -0.25) is 22.9 Å². The molecule has 0 radical (unpaired) electrons. The average Bonchev–Trinajstić information content (AvgIpc) is 3.66. The first-order valence-corrected chi connectivity index (χ1v) is 18.4. The normalized spacial score (nSPS) is 33.9. The van der Waals surface area contributed by atoms with Gasteiger partial charge in [-0.25, -0.2) is 32.9 Å². The lowest BCUT2D eigenvalue weighted by atomic mass is 10.1. The van der Waals surface area contributed by atoms with Crippen LogP contribution in [0.5, 0.6) is 0 Å². The topological polar surface area (TPSA) is 223 Å². The van der Waals surface area contributed by atoms with Crippen LogP contribution in [0.15, 0.2) is 35.8 Å². The summed E-state index contributed by atoms with van der Waals surface area (Å²) in [6.45, 7) is -9.15. The predicted octanol–water partition coefficient (Wildman–Crippen LogP) is 3.29. The number of pyridine rings is 1. The fraction of sp³-hybridized carbons (Fsp3) is 0.455. The molecule has 2 fully saturated rings. The van der Waals surface area contributed by atoms with Crippen LogP contribution in [0.2, 0.25) is 0 Å². The molecule has 244 valence electrons. The van der Waals surface area contributed by atoms with Gasteiger partial charge in [0.2, 0.25) is 6.36 Å². The van der Waals surface area contributed by atoms with Gasteiger partial charge in [-0.15, -0.1) is 0 Å². The summed E-state index contributed by atoms with van der Waals surface area (Å²) in [5, 5.41) is 0.499. The van der Waals surface area contributed by atoms with E-state index in [0.717, 1.165) is 0 Å². The Bertz CT molecular complexity index is 1900. The number of nitrogen functional groups attached to an aromatic ring is 2. The molecule has 0 saturated carbocycles. The lowest BCUT2D eigenvalue weighted by Crippen LogP contribution is -2.34. The quantitative estimate of drug-likeness (QED) is 0.152. The smallest absolute Gasteiger partial charge is 0.385 e. The lowest BCUT2D eigenvalue weighted by Gasteiger charge is -2.29. The van der Waals surface area contributed by atoms with Crippen LogP contribution < -0.4 is 17.0 Å². The summed E-state index contributed by atoms with van der Waals surface area (Å²) in [5.41, 5.74) is 11.5. The van der Waals surface area contributed by atoms with Crippen molar-refractivity contribution in [2.24, 2.45) is 0 Å². The van der Waals surface area contributed by atoms with Crippen molar-refractivity contribution in [2.75, 3.05) is 24.7 Å². The second-order valence-corrected chi connectivity index (χ2v) is 15.7. The predicted molar refractivity (Wildman–Crippen MR) is 161 cm³/mol. The Morgan fingerprint density at radius 1 is 1.13 bits per heavy atom. The van der Waals surface area contributed by atoms with Crippen molar-refractivity contribution >= 4 is 71.8 Å². The lowest BCUT2D eigenvalue weighted by molar-refractivity contribution is -0.145. The maximum atomic E-state index is 15.8. The molecule has 2 aliphatic heterocycles. The van der Waals surface area contributed by atoms with Crippen LogP contribution in [0, 0.1) is 0 Å². The molecule has 0 aliphatic carbocycles. The van der Waals surface area contributed by atoms with E-state index >= 15 is 8.78 Å². The molecule has 23 heteroatoms. The van der Waals surface area contributed by atoms with E-state index in [1.165, 1.54) is 34.8 Å². The minimum atomic E-state index is -4.53. The highest BCUT2D eigenvalue weighted by molar-refractivity contribution is 8.44. The van der Waals surface area contributed by atoms with E-state index in [-0.39, 0.29) is 22.7 Å². The summed E-state index contributed by atoms with van der Waals surface area (Å²) in [6.07, 6.45) is -8.05. The van der Waals surface area contributed by atoms with Gasteiger partial charge in [0.25, 0.3) is 5.56 Å². The number of hydrogen-bond donors (Lipinski definition) is 5. The highest BCUT2D eigenvalue weighted by Gasteiger charge is 2.51. The number of alkyl halides is 2. The molecule has 4 aromatic rings. The molecular weight excluding hydrogens is 684 g/mol. The van der Waals surface area contributed by atoms with Gasteiger partial charge in [-0.05, 0) is 13.0 Å². The van der Waals surface area contributed by atoms with Gasteiger partial charge >= 0.3 is 13.6 Å². The van der Waals surface area contributed by atoms with Crippen molar-refractivity contribution in [2.45, 2.75) is 50.2 Å². The van der Waals surface area contributed by atoms with Gasteiger partial charge in [0.15, 0.2) is 17.9 Å². The number of ether oxygens (including phenoxy) is 2. The third-order valence-corrected chi connectivity index (χ3v) is 10.2. The number of nitrogens with two attached hydrogens (primary N) is 2. The van der Waals surface area contributed by atoms with Crippen molar-refractivity contribution in [3.63, 3.8) is 0 Å². The van der Waals surface area contributed by atoms with Gasteiger partial charge in [-0.2, -0.15) is 0 Å². The van der Waals surface area contributed by atoms with E-state index in [1.807, 2.05) is 0 Å². The molecule has 2 aliphatic rings. The van der Waals surface area contributed by atoms with Crippen LogP contribution in [0.4, 0.5) is 20.4 Å². The number of fused-ring (bicyclic) bond motifs is 4. The Balaban J connectivity index is 1.30. The fourth-order valence-corrected chi connectivity index (χ4v) is 7.66. The number of aromatic amines is 1. The summed E-state index contributed by atoms with van der Waals surface area (Å²) in [7, 11) is 0. The number of thiol groups is 2. The maximum absolute atomic E-state index is 15.8. The average molecular weight is 711 g/mol. The summed E-state index contributed by atoms with van der Waals surface area (Å²) >= 11 is 7.79. The third kappa shape index (κ3) is 6.51. The molecule has 0 amide bonds. The molecule has 5 N–H and O–H groups in total. The molecule has 6 rings (SSSR count). The van der Waals surface area contributed by atoms with Crippen LogP contribution in [0.1, 0.15) is 19.4 Å². The molecule has 17 nitrogen and oxygen atoms in total. The van der Waals surface area contributed by atoms with Gasteiger partial charge < -0.3 is 35.1 Å². The number of aromatic nitrogens is 6.